The van der Waals surface area contributed by atoms with E-state index in [1.54, 1.807) is 54.6 Å². The first-order valence-corrected chi connectivity index (χ1v) is 7.52. The number of phenolic OH excluding ortho intramolecular Hbond substituents is 2. The lowest BCUT2D eigenvalue weighted by Gasteiger charge is -2.13. The van der Waals surface area contributed by atoms with Crippen molar-refractivity contribution >= 4 is 5.91 Å². The summed E-state index contributed by atoms with van der Waals surface area (Å²) >= 11 is 0. The van der Waals surface area contributed by atoms with E-state index in [2.05, 4.69) is 5.32 Å². The minimum absolute atomic E-state index is 0.154. The van der Waals surface area contributed by atoms with Gasteiger partial charge in [-0.15, -0.1) is 0 Å². The summed E-state index contributed by atoms with van der Waals surface area (Å²) in [6.45, 7) is 1.83. The number of phenols is 2. The number of carbonyl (C=O) groups excluding carboxylic acids is 1. The summed E-state index contributed by atoms with van der Waals surface area (Å²) in [5.74, 6) is 0.732. The minimum atomic E-state index is -0.337. The normalized spacial score (nSPS) is 11.9. The molecule has 5 nitrogen and oxygen atoms in total. The van der Waals surface area contributed by atoms with Gasteiger partial charge in [-0.2, -0.15) is 0 Å². The maximum atomic E-state index is 12.3. The molecule has 1 aromatic heterocycles. The van der Waals surface area contributed by atoms with Gasteiger partial charge in [0.25, 0.3) is 5.91 Å². The van der Waals surface area contributed by atoms with Gasteiger partial charge in [0.1, 0.15) is 17.3 Å². The molecule has 1 heterocycles. The maximum absolute atomic E-state index is 12.3. The van der Waals surface area contributed by atoms with Crippen LogP contribution in [0.25, 0.3) is 11.3 Å². The first-order chi connectivity index (χ1) is 11.5. The molecule has 1 amide bonds. The summed E-state index contributed by atoms with van der Waals surface area (Å²) in [5.41, 5.74) is 1.57. The zero-order valence-corrected chi connectivity index (χ0v) is 13.1. The molecule has 0 aliphatic rings. The molecule has 0 saturated carbocycles. The van der Waals surface area contributed by atoms with Crippen LogP contribution in [-0.2, 0) is 0 Å². The van der Waals surface area contributed by atoms with Crippen molar-refractivity contribution in [3.8, 4) is 22.8 Å². The van der Waals surface area contributed by atoms with Crippen LogP contribution in [0.5, 0.6) is 11.5 Å². The van der Waals surface area contributed by atoms with Gasteiger partial charge in [-0.3, -0.25) is 4.79 Å². The van der Waals surface area contributed by atoms with E-state index < -0.39 is 0 Å². The molecule has 0 fully saturated rings. The summed E-state index contributed by atoms with van der Waals surface area (Å²) in [6, 6.07) is 16.3. The average molecular weight is 323 g/mol. The smallest absolute Gasteiger partial charge is 0.287 e. The maximum Gasteiger partial charge on any atom is 0.287 e. The van der Waals surface area contributed by atoms with Crippen molar-refractivity contribution < 1.29 is 19.4 Å². The Hall–Kier alpha value is -3.21. The van der Waals surface area contributed by atoms with Crippen molar-refractivity contribution in [3.05, 3.63) is 72.0 Å². The Morgan fingerprint density at radius 2 is 1.75 bits per heavy atom. The molecule has 0 radical (unpaired) electrons. The van der Waals surface area contributed by atoms with Crippen LogP contribution in [0.2, 0.25) is 0 Å². The van der Waals surface area contributed by atoms with Crippen LogP contribution in [0.4, 0.5) is 0 Å². The molecular weight excluding hydrogens is 306 g/mol. The van der Waals surface area contributed by atoms with E-state index >= 15 is 0 Å². The van der Waals surface area contributed by atoms with E-state index in [4.69, 9.17) is 4.42 Å². The quantitative estimate of drug-likeness (QED) is 0.681. The summed E-state index contributed by atoms with van der Waals surface area (Å²) in [4.78, 5) is 12.3. The molecule has 2 aromatic carbocycles. The molecule has 1 atom stereocenters. The van der Waals surface area contributed by atoms with Crippen molar-refractivity contribution in [1.82, 2.24) is 5.32 Å². The Labute approximate surface area is 139 Å². The lowest BCUT2D eigenvalue weighted by atomic mass is 10.1. The molecule has 0 spiro atoms. The molecule has 5 heteroatoms. The Balaban J connectivity index is 1.73. The van der Waals surface area contributed by atoms with Gasteiger partial charge in [0, 0.05) is 5.56 Å². The third-order valence-corrected chi connectivity index (χ3v) is 3.70. The second kappa shape index (κ2) is 6.50. The number of rotatable bonds is 4. The standard InChI is InChI=1S/C19H17NO4/c1-12(14-3-2-4-16(22)11-14)20-19(23)18-10-9-17(24-18)13-5-7-15(21)8-6-13/h2-12,21-22H,1H3,(H,20,23)/t12-/m1/s1. The fourth-order valence-corrected chi connectivity index (χ4v) is 2.39. The number of aromatic hydroxyl groups is 2. The molecule has 3 aromatic rings. The van der Waals surface area contributed by atoms with E-state index in [1.807, 2.05) is 13.0 Å². The topological polar surface area (TPSA) is 82.7 Å². The second-order valence-corrected chi connectivity index (χ2v) is 5.50. The highest BCUT2D eigenvalue weighted by Crippen LogP contribution is 2.25. The van der Waals surface area contributed by atoms with Crippen LogP contribution in [0.1, 0.15) is 29.1 Å². The Morgan fingerprint density at radius 3 is 2.46 bits per heavy atom. The third kappa shape index (κ3) is 3.41. The van der Waals surface area contributed by atoms with Gasteiger partial charge in [0.15, 0.2) is 5.76 Å². The van der Waals surface area contributed by atoms with Crippen molar-refractivity contribution in [2.45, 2.75) is 13.0 Å². The fraction of sp³-hybridized carbons (Fsp3) is 0.105. The van der Waals surface area contributed by atoms with Gasteiger partial charge in [0.2, 0.25) is 0 Å². The SMILES string of the molecule is C[C@@H](NC(=O)c1ccc(-c2ccc(O)cc2)o1)c1cccc(O)c1. The van der Waals surface area contributed by atoms with Gasteiger partial charge < -0.3 is 19.9 Å². The second-order valence-electron chi connectivity index (χ2n) is 5.50. The summed E-state index contributed by atoms with van der Waals surface area (Å²) in [5, 5.41) is 21.7. The number of nitrogens with one attached hydrogen (secondary N) is 1. The van der Waals surface area contributed by atoms with Crippen LogP contribution in [-0.4, -0.2) is 16.1 Å². The first kappa shape index (κ1) is 15.7. The van der Waals surface area contributed by atoms with Gasteiger partial charge in [-0.1, -0.05) is 12.1 Å². The van der Waals surface area contributed by atoms with Gasteiger partial charge in [-0.25, -0.2) is 0 Å². The van der Waals surface area contributed by atoms with Gasteiger partial charge >= 0.3 is 0 Å². The lowest BCUT2D eigenvalue weighted by molar-refractivity contribution is 0.0912. The average Bonchev–Trinajstić information content (AvgIpc) is 3.05. The molecule has 3 N–H and O–H groups in total. The van der Waals surface area contributed by atoms with Gasteiger partial charge in [-0.05, 0) is 61.0 Å². The molecule has 0 unspecified atom stereocenters. The number of carbonyl (C=O) groups is 1. The van der Waals surface area contributed by atoms with Crippen LogP contribution < -0.4 is 5.32 Å². The van der Waals surface area contributed by atoms with E-state index in [-0.39, 0.29) is 29.2 Å². The number of amides is 1. The molecule has 0 saturated heterocycles. The number of hydrogen-bond acceptors (Lipinski definition) is 4. The predicted molar refractivity (Wildman–Crippen MR) is 89.8 cm³/mol. The van der Waals surface area contributed by atoms with E-state index in [0.717, 1.165) is 11.1 Å². The molecule has 0 aliphatic carbocycles. The van der Waals surface area contributed by atoms with Crippen molar-refractivity contribution in [2.75, 3.05) is 0 Å². The molecular formula is C19H17NO4. The zero-order chi connectivity index (χ0) is 17.1. The Kier molecular flexibility index (Phi) is 4.24. The largest absolute Gasteiger partial charge is 0.508 e. The van der Waals surface area contributed by atoms with Crippen LogP contribution in [0.15, 0.2) is 65.1 Å². The number of benzene rings is 2. The van der Waals surface area contributed by atoms with E-state index in [1.165, 1.54) is 0 Å². The van der Waals surface area contributed by atoms with Crippen LogP contribution in [0.3, 0.4) is 0 Å². The summed E-state index contributed by atoms with van der Waals surface area (Å²) in [6.07, 6.45) is 0. The van der Waals surface area contributed by atoms with Crippen molar-refractivity contribution in [1.29, 1.82) is 0 Å². The first-order valence-electron chi connectivity index (χ1n) is 7.52. The zero-order valence-electron chi connectivity index (χ0n) is 13.1. The monoisotopic (exact) mass is 323 g/mol. The number of furan rings is 1. The minimum Gasteiger partial charge on any atom is -0.508 e. The lowest BCUT2D eigenvalue weighted by Crippen LogP contribution is -2.26. The fourth-order valence-electron chi connectivity index (χ4n) is 2.39. The Bertz CT molecular complexity index is 852. The summed E-state index contributed by atoms with van der Waals surface area (Å²) < 4.78 is 5.59. The van der Waals surface area contributed by atoms with Gasteiger partial charge in [0.05, 0.1) is 6.04 Å². The van der Waals surface area contributed by atoms with E-state index in [9.17, 15) is 15.0 Å². The van der Waals surface area contributed by atoms with Crippen molar-refractivity contribution in [2.24, 2.45) is 0 Å². The molecule has 24 heavy (non-hydrogen) atoms. The highest BCUT2D eigenvalue weighted by molar-refractivity contribution is 5.92. The van der Waals surface area contributed by atoms with Crippen LogP contribution >= 0.6 is 0 Å². The Morgan fingerprint density at radius 1 is 1.00 bits per heavy atom. The predicted octanol–water partition coefficient (Wildman–Crippen LogP) is 3.85. The number of hydrogen-bond donors (Lipinski definition) is 3. The van der Waals surface area contributed by atoms with Crippen molar-refractivity contribution in [3.63, 3.8) is 0 Å². The summed E-state index contributed by atoms with van der Waals surface area (Å²) in [7, 11) is 0. The third-order valence-electron chi connectivity index (χ3n) is 3.70. The highest BCUT2D eigenvalue weighted by atomic mass is 16.4. The molecule has 122 valence electrons. The molecule has 0 aliphatic heterocycles. The molecule has 0 bridgehead atoms. The highest BCUT2D eigenvalue weighted by Gasteiger charge is 2.16. The van der Waals surface area contributed by atoms with Crippen LogP contribution in [0, 0.1) is 0 Å². The van der Waals surface area contributed by atoms with E-state index in [0.29, 0.717) is 5.76 Å². The molecule has 3 rings (SSSR count).